The highest BCUT2D eigenvalue weighted by Crippen LogP contribution is 2.23. The van der Waals surface area contributed by atoms with Crippen molar-refractivity contribution in [3.63, 3.8) is 0 Å². The topological polar surface area (TPSA) is 63.8 Å². The van der Waals surface area contributed by atoms with Gasteiger partial charge in [-0.2, -0.15) is 0 Å². The Morgan fingerprint density at radius 2 is 2.43 bits per heavy atom. The molecule has 1 heterocycles. The van der Waals surface area contributed by atoms with Crippen LogP contribution in [-0.2, 0) is 0 Å². The molecule has 1 aliphatic carbocycles. The van der Waals surface area contributed by atoms with Gasteiger partial charge < -0.3 is 11.1 Å². The molecule has 0 aliphatic heterocycles. The minimum absolute atomic E-state index is 0.365. The minimum atomic E-state index is 0.365. The predicted octanol–water partition coefficient (Wildman–Crippen LogP) is 1.02. The molecule has 1 fully saturated rings. The molecule has 2 unspecified atom stereocenters. The van der Waals surface area contributed by atoms with Crippen LogP contribution in [0.5, 0.6) is 0 Å². The van der Waals surface area contributed by atoms with Crippen LogP contribution in [0, 0.1) is 5.92 Å². The van der Waals surface area contributed by atoms with Crippen molar-refractivity contribution in [3.8, 4) is 0 Å². The van der Waals surface area contributed by atoms with Gasteiger partial charge >= 0.3 is 0 Å². The molecular weight excluding hydrogens is 176 g/mol. The van der Waals surface area contributed by atoms with E-state index in [2.05, 4.69) is 15.3 Å². The Hall–Kier alpha value is -1.16. The number of anilines is 1. The quantitative estimate of drug-likeness (QED) is 0.750. The molecule has 2 rings (SSSR count). The third-order valence-electron chi connectivity index (χ3n) is 2.85. The zero-order chi connectivity index (χ0) is 9.80. The first-order chi connectivity index (χ1) is 6.86. The summed E-state index contributed by atoms with van der Waals surface area (Å²) in [5.74, 6) is 1.49. The van der Waals surface area contributed by atoms with Crippen molar-refractivity contribution in [2.75, 3.05) is 11.9 Å². The van der Waals surface area contributed by atoms with Gasteiger partial charge in [0.05, 0.1) is 0 Å². The number of rotatable bonds is 3. The summed E-state index contributed by atoms with van der Waals surface area (Å²) in [6, 6.07) is 2.24. The largest absolute Gasteiger partial charge is 0.370 e. The molecule has 0 amide bonds. The van der Waals surface area contributed by atoms with E-state index in [0.717, 1.165) is 18.8 Å². The Bertz CT molecular complexity index is 275. The summed E-state index contributed by atoms with van der Waals surface area (Å²) in [5.41, 5.74) is 5.97. The SMILES string of the molecule is NC1CCCC1CNc1ccncn1. The van der Waals surface area contributed by atoms with E-state index >= 15 is 0 Å². The van der Waals surface area contributed by atoms with Gasteiger partial charge in [0.2, 0.25) is 0 Å². The molecule has 14 heavy (non-hydrogen) atoms. The Kier molecular flexibility index (Phi) is 2.93. The van der Waals surface area contributed by atoms with E-state index in [9.17, 15) is 0 Å². The number of nitrogens with zero attached hydrogens (tertiary/aromatic N) is 2. The molecule has 1 aromatic heterocycles. The van der Waals surface area contributed by atoms with E-state index in [1.54, 1.807) is 12.5 Å². The van der Waals surface area contributed by atoms with Crippen LogP contribution in [0.15, 0.2) is 18.6 Å². The molecule has 3 N–H and O–H groups in total. The fourth-order valence-electron chi connectivity index (χ4n) is 1.95. The van der Waals surface area contributed by atoms with Crippen molar-refractivity contribution in [1.29, 1.82) is 0 Å². The molecule has 0 bridgehead atoms. The van der Waals surface area contributed by atoms with Crippen LogP contribution in [0.2, 0.25) is 0 Å². The first-order valence-corrected chi connectivity index (χ1v) is 5.12. The van der Waals surface area contributed by atoms with Crippen LogP contribution >= 0.6 is 0 Å². The van der Waals surface area contributed by atoms with Crippen molar-refractivity contribution in [1.82, 2.24) is 9.97 Å². The first-order valence-electron chi connectivity index (χ1n) is 5.12. The lowest BCUT2D eigenvalue weighted by molar-refractivity contribution is 0.504. The summed E-state index contributed by atoms with van der Waals surface area (Å²) >= 11 is 0. The predicted molar refractivity (Wildman–Crippen MR) is 55.8 cm³/mol. The van der Waals surface area contributed by atoms with E-state index in [4.69, 9.17) is 5.73 Å². The van der Waals surface area contributed by atoms with Crippen LogP contribution in [0.3, 0.4) is 0 Å². The lowest BCUT2D eigenvalue weighted by atomic mass is 10.1. The van der Waals surface area contributed by atoms with Crippen molar-refractivity contribution >= 4 is 5.82 Å². The highest BCUT2D eigenvalue weighted by atomic mass is 15.0. The first kappa shape index (κ1) is 9.40. The normalized spacial score (nSPS) is 26.4. The molecule has 4 nitrogen and oxygen atoms in total. The standard InChI is InChI=1S/C10H16N4/c11-9-3-1-2-8(9)6-13-10-4-5-12-7-14-10/h4-5,7-9H,1-3,6,11H2,(H,12,13,14). The van der Waals surface area contributed by atoms with Gasteiger partial charge in [0, 0.05) is 18.8 Å². The minimum Gasteiger partial charge on any atom is -0.370 e. The average Bonchev–Trinajstić information content (AvgIpc) is 2.63. The van der Waals surface area contributed by atoms with Gasteiger partial charge in [-0.3, -0.25) is 0 Å². The fraction of sp³-hybridized carbons (Fsp3) is 0.600. The molecule has 0 saturated heterocycles. The van der Waals surface area contributed by atoms with Crippen LogP contribution in [0.4, 0.5) is 5.82 Å². The maximum absolute atomic E-state index is 5.97. The van der Waals surface area contributed by atoms with Crippen LogP contribution in [0.1, 0.15) is 19.3 Å². The summed E-state index contributed by atoms with van der Waals surface area (Å²) in [7, 11) is 0. The molecule has 76 valence electrons. The highest BCUT2D eigenvalue weighted by molar-refractivity contribution is 5.31. The van der Waals surface area contributed by atoms with Crippen LogP contribution < -0.4 is 11.1 Å². The lowest BCUT2D eigenvalue weighted by Crippen LogP contribution is -2.29. The average molecular weight is 192 g/mol. The second-order valence-electron chi connectivity index (χ2n) is 3.83. The smallest absolute Gasteiger partial charge is 0.129 e. The fourth-order valence-corrected chi connectivity index (χ4v) is 1.95. The number of nitrogens with one attached hydrogen (secondary N) is 1. The monoisotopic (exact) mass is 192 g/mol. The molecule has 0 radical (unpaired) electrons. The molecule has 2 atom stereocenters. The van der Waals surface area contributed by atoms with Gasteiger partial charge in [-0.05, 0) is 24.8 Å². The summed E-state index contributed by atoms with van der Waals surface area (Å²) in [4.78, 5) is 7.97. The van der Waals surface area contributed by atoms with Gasteiger partial charge in [0.25, 0.3) is 0 Å². The number of hydrogen-bond acceptors (Lipinski definition) is 4. The van der Waals surface area contributed by atoms with Gasteiger partial charge in [-0.1, -0.05) is 6.42 Å². The van der Waals surface area contributed by atoms with Crippen molar-refractivity contribution < 1.29 is 0 Å². The molecule has 4 heteroatoms. The van der Waals surface area contributed by atoms with Gasteiger partial charge in [0.15, 0.2) is 0 Å². The van der Waals surface area contributed by atoms with E-state index < -0.39 is 0 Å². The van der Waals surface area contributed by atoms with Gasteiger partial charge in [-0.15, -0.1) is 0 Å². The Balaban J connectivity index is 1.82. The van der Waals surface area contributed by atoms with Crippen molar-refractivity contribution in [2.45, 2.75) is 25.3 Å². The maximum Gasteiger partial charge on any atom is 0.129 e. The molecule has 1 aliphatic rings. The van der Waals surface area contributed by atoms with E-state index in [1.807, 2.05) is 6.07 Å². The Labute approximate surface area is 83.9 Å². The van der Waals surface area contributed by atoms with Crippen LogP contribution in [-0.4, -0.2) is 22.6 Å². The number of aromatic nitrogens is 2. The zero-order valence-corrected chi connectivity index (χ0v) is 8.19. The summed E-state index contributed by atoms with van der Waals surface area (Å²) in [5, 5.41) is 3.29. The van der Waals surface area contributed by atoms with E-state index in [1.165, 1.54) is 12.8 Å². The molecular formula is C10H16N4. The summed E-state index contributed by atoms with van der Waals surface area (Å²) in [6.45, 7) is 0.929. The van der Waals surface area contributed by atoms with E-state index in [0.29, 0.717) is 12.0 Å². The number of nitrogens with two attached hydrogens (primary N) is 1. The second kappa shape index (κ2) is 4.37. The zero-order valence-electron chi connectivity index (χ0n) is 8.19. The third kappa shape index (κ3) is 2.20. The van der Waals surface area contributed by atoms with Gasteiger partial charge in [-0.25, -0.2) is 9.97 Å². The summed E-state index contributed by atoms with van der Waals surface area (Å²) < 4.78 is 0. The molecule has 1 aromatic rings. The second-order valence-corrected chi connectivity index (χ2v) is 3.83. The van der Waals surface area contributed by atoms with Gasteiger partial charge in [0.1, 0.15) is 12.1 Å². The number of hydrogen-bond donors (Lipinski definition) is 2. The molecule has 0 spiro atoms. The van der Waals surface area contributed by atoms with Crippen molar-refractivity contribution in [3.05, 3.63) is 18.6 Å². The highest BCUT2D eigenvalue weighted by Gasteiger charge is 2.23. The van der Waals surface area contributed by atoms with Crippen LogP contribution in [0.25, 0.3) is 0 Å². The Morgan fingerprint density at radius 1 is 1.50 bits per heavy atom. The Morgan fingerprint density at radius 3 is 3.07 bits per heavy atom. The molecule has 1 saturated carbocycles. The van der Waals surface area contributed by atoms with Crippen molar-refractivity contribution in [2.24, 2.45) is 11.7 Å². The maximum atomic E-state index is 5.97. The lowest BCUT2D eigenvalue weighted by Gasteiger charge is -2.15. The molecule has 0 aromatic carbocycles. The van der Waals surface area contributed by atoms with E-state index in [-0.39, 0.29) is 0 Å². The third-order valence-corrected chi connectivity index (χ3v) is 2.85. The summed E-state index contributed by atoms with van der Waals surface area (Å²) in [6.07, 6.45) is 6.95.